The maximum Gasteiger partial charge on any atom is 0.409 e. The van der Waals surface area contributed by atoms with Gasteiger partial charge in [-0.3, -0.25) is 9.59 Å². The number of likely N-dealkylation sites (tertiary alicyclic amines) is 1. The lowest BCUT2D eigenvalue weighted by molar-refractivity contribution is -0.137. The van der Waals surface area contributed by atoms with Crippen LogP contribution in [0.5, 0.6) is 0 Å². The van der Waals surface area contributed by atoms with Gasteiger partial charge in [0.1, 0.15) is 18.8 Å². The van der Waals surface area contributed by atoms with E-state index >= 15 is 0 Å². The van der Waals surface area contributed by atoms with Gasteiger partial charge in [-0.2, -0.15) is 0 Å². The van der Waals surface area contributed by atoms with Crippen molar-refractivity contribution in [3.63, 3.8) is 0 Å². The number of carboxylic acids is 1. The van der Waals surface area contributed by atoms with E-state index in [-0.39, 0.29) is 43.9 Å². The number of carbonyl (C=O) groups is 4. The van der Waals surface area contributed by atoms with Gasteiger partial charge in [-0.25, -0.2) is 9.59 Å². The maximum atomic E-state index is 13.4. The molecule has 1 saturated heterocycles. The summed E-state index contributed by atoms with van der Waals surface area (Å²) in [4.78, 5) is 52.6. The molecule has 3 amide bonds. The molecule has 0 spiro atoms. The number of amides is 3. The number of fused-ring (bicyclic) bond motifs is 3. The van der Waals surface area contributed by atoms with E-state index in [0.29, 0.717) is 26.1 Å². The van der Waals surface area contributed by atoms with E-state index in [2.05, 4.69) is 29.6 Å². The van der Waals surface area contributed by atoms with Gasteiger partial charge in [0.25, 0.3) is 0 Å². The van der Waals surface area contributed by atoms with E-state index in [9.17, 15) is 19.2 Å². The molecule has 42 heavy (non-hydrogen) atoms. The third-order valence-electron chi connectivity index (χ3n) is 7.55. The number of benzene rings is 2. The number of hydrogen-bond donors (Lipinski definition) is 2. The average molecular weight is 580 g/mol. The van der Waals surface area contributed by atoms with E-state index in [1.54, 1.807) is 30.6 Å². The first-order valence-corrected chi connectivity index (χ1v) is 14.6. The Morgan fingerprint density at radius 3 is 2.29 bits per heavy atom. The second-order valence-corrected chi connectivity index (χ2v) is 12.0. The van der Waals surface area contributed by atoms with Crippen molar-refractivity contribution in [1.29, 1.82) is 0 Å². The lowest BCUT2D eigenvalue weighted by Gasteiger charge is -2.35. The molecule has 10 nitrogen and oxygen atoms in total. The van der Waals surface area contributed by atoms with Crippen molar-refractivity contribution in [2.24, 2.45) is 5.92 Å². The highest BCUT2D eigenvalue weighted by Crippen LogP contribution is 2.44. The minimum atomic E-state index is -0.922. The number of carbonyl (C=O) groups excluding carboxylic acids is 3. The van der Waals surface area contributed by atoms with Crippen LogP contribution in [0.3, 0.4) is 0 Å². The molecule has 10 heteroatoms. The summed E-state index contributed by atoms with van der Waals surface area (Å²) in [6.45, 7) is 6.85. The quantitative estimate of drug-likeness (QED) is 0.412. The van der Waals surface area contributed by atoms with Crippen LogP contribution in [0.1, 0.15) is 63.5 Å². The molecule has 0 bridgehead atoms. The van der Waals surface area contributed by atoms with Crippen LogP contribution in [0.15, 0.2) is 48.5 Å². The van der Waals surface area contributed by atoms with E-state index in [4.69, 9.17) is 14.6 Å². The third-order valence-corrected chi connectivity index (χ3v) is 7.55. The normalized spacial score (nSPS) is 16.3. The van der Waals surface area contributed by atoms with Gasteiger partial charge in [0.15, 0.2) is 0 Å². The summed E-state index contributed by atoms with van der Waals surface area (Å²) in [5, 5.41) is 11.7. The molecule has 4 rings (SSSR count). The SMILES string of the molecule is CC(C)(C)OC(=O)NCC(=O)N1CCCC(CN(CCCC(=O)O)C(=O)OCC2c3ccccc3-c3ccccc32)C1. The Morgan fingerprint density at radius 1 is 1.02 bits per heavy atom. The summed E-state index contributed by atoms with van der Waals surface area (Å²) in [5.41, 5.74) is 3.85. The molecule has 1 aliphatic carbocycles. The molecular weight excluding hydrogens is 538 g/mol. The van der Waals surface area contributed by atoms with Crippen LogP contribution in [-0.4, -0.2) is 83.9 Å². The molecule has 226 valence electrons. The highest BCUT2D eigenvalue weighted by atomic mass is 16.6. The summed E-state index contributed by atoms with van der Waals surface area (Å²) in [5.74, 6) is -1.23. The fourth-order valence-electron chi connectivity index (χ4n) is 5.69. The maximum absolute atomic E-state index is 13.4. The molecule has 1 aliphatic heterocycles. The number of hydrogen-bond acceptors (Lipinski definition) is 6. The van der Waals surface area contributed by atoms with Crippen LogP contribution in [0.4, 0.5) is 9.59 Å². The third kappa shape index (κ3) is 8.24. The smallest absolute Gasteiger partial charge is 0.409 e. The fraction of sp³-hybridized carbons (Fsp3) is 0.500. The van der Waals surface area contributed by atoms with Gasteiger partial charge in [0.2, 0.25) is 5.91 Å². The number of alkyl carbamates (subject to hydrolysis) is 1. The Balaban J connectivity index is 1.36. The van der Waals surface area contributed by atoms with Gasteiger partial charge in [-0.05, 0) is 68.2 Å². The summed E-state index contributed by atoms with van der Waals surface area (Å²) < 4.78 is 11.1. The first-order valence-electron chi connectivity index (χ1n) is 14.6. The van der Waals surface area contributed by atoms with Crippen molar-refractivity contribution in [3.05, 3.63) is 59.7 Å². The standard InChI is InChI=1S/C32H41N3O7/c1-32(2,3)42-30(39)33-18-28(36)34-16-8-10-22(19-34)20-35(17-9-15-29(37)38)31(40)41-21-27-25-13-6-4-11-23(25)24-12-5-7-14-26(24)27/h4-7,11-14,22,27H,8-10,15-21H2,1-3H3,(H,33,39)(H,37,38). The average Bonchev–Trinajstić information content (AvgIpc) is 3.27. The van der Waals surface area contributed by atoms with Crippen LogP contribution in [0, 0.1) is 5.92 Å². The molecule has 0 radical (unpaired) electrons. The number of ether oxygens (including phenoxy) is 2. The minimum absolute atomic E-state index is 0.00506. The second kappa shape index (κ2) is 13.7. The second-order valence-electron chi connectivity index (χ2n) is 12.0. The Morgan fingerprint density at radius 2 is 1.67 bits per heavy atom. The number of nitrogens with one attached hydrogen (secondary N) is 1. The molecule has 0 aromatic heterocycles. The fourth-order valence-corrected chi connectivity index (χ4v) is 5.69. The summed E-state index contributed by atoms with van der Waals surface area (Å²) >= 11 is 0. The Kier molecular flexibility index (Phi) is 10.1. The number of rotatable bonds is 10. The molecule has 1 atom stereocenters. The summed E-state index contributed by atoms with van der Waals surface area (Å²) in [6, 6.07) is 16.2. The van der Waals surface area contributed by atoms with Gasteiger partial charge in [-0.1, -0.05) is 48.5 Å². The predicted molar refractivity (Wildman–Crippen MR) is 157 cm³/mol. The highest BCUT2D eigenvalue weighted by molar-refractivity contribution is 5.82. The lowest BCUT2D eigenvalue weighted by Crippen LogP contribution is -2.48. The first-order chi connectivity index (χ1) is 20.0. The van der Waals surface area contributed by atoms with Crippen molar-refractivity contribution in [2.75, 3.05) is 39.3 Å². The molecule has 2 aromatic carbocycles. The zero-order chi connectivity index (χ0) is 30.3. The summed E-state index contributed by atoms with van der Waals surface area (Å²) in [7, 11) is 0. The molecule has 1 fully saturated rings. The zero-order valence-electron chi connectivity index (χ0n) is 24.6. The van der Waals surface area contributed by atoms with Gasteiger partial charge in [0, 0.05) is 38.5 Å². The van der Waals surface area contributed by atoms with Gasteiger partial charge in [-0.15, -0.1) is 0 Å². The topological polar surface area (TPSA) is 125 Å². The first kappa shape index (κ1) is 30.9. The number of nitrogens with zero attached hydrogens (tertiary/aromatic N) is 2. The Bertz CT molecular complexity index is 1240. The van der Waals surface area contributed by atoms with E-state index in [1.807, 2.05) is 24.3 Å². The predicted octanol–water partition coefficient (Wildman–Crippen LogP) is 4.87. The highest BCUT2D eigenvalue weighted by Gasteiger charge is 2.31. The van der Waals surface area contributed by atoms with E-state index < -0.39 is 23.8 Å². The minimum Gasteiger partial charge on any atom is -0.481 e. The van der Waals surface area contributed by atoms with Gasteiger partial charge in [0.05, 0.1) is 0 Å². The van der Waals surface area contributed by atoms with Crippen molar-refractivity contribution in [3.8, 4) is 11.1 Å². The molecule has 2 N–H and O–H groups in total. The van der Waals surface area contributed by atoms with Crippen molar-refractivity contribution < 1.29 is 33.8 Å². The Hall–Kier alpha value is -4.08. The van der Waals surface area contributed by atoms with Crippen LogP contribution >= 0.6 is 0 Å². The van der Waals surface area contributed by atoms with Gasteiger partial charge >= 0.3 is 18.2 Å². The lowest BCUT2D eigenvalue weighted by atomic mass is 9.97. The van der Waals surface area contributed by atoms with Crippen LogP contribution < -0.4 is 5.32 Å². The molecular formula is C32H41N3O7. The molecule has 0 saturated carbocycles. The number of aliphatic carboxylic acids is 1. The Labute approximate surface area is 247 Å². The summed E-state index contributed by atoms with van der Waals surface area (Å²) in [6.07, 6.45) is 0.681. The largest absolute Gasteiger partial charge is 0.481 e. The van der Waals surface area contributed by atoms with Crippen LogP contribution in [0.25, 0.3) is 11.1 Å². The van der Waals surface area contributed by atoms with Crippen molar-refractivity contribution in [2.45, 2.75) is 58.0 Å². The van der Waals surface area contributed by atoms with Crippen LogP contribution in [0.2, 0.25) is 0 Å². The van der Waals surface area contributed by atoms with Gasteiger partial charge < -0.3 is 29.7 Å². The molecule has 1 unspecified atom stereocenters. The molecule has 2 aromatic rings. The zero-order valence-corrected chi connectivity index (χ0v) is 24.6. The number of piperidine rings is 1. The number of carboxylic acid groups (broad SMARTS) is 1. The van der Waals surface area contributed by atoms with E-state index in [1.165, 1.54) is 0 Å². The van der Waals surface area contributed by atoms with E-state index in [0.717, 1.165) is 35.1 Å². The molecule has 2 aliphatic rings. The molecule has 1 heterocycles. The van der Waals surface area contributed by atoms with Crippen LogP contribution in [-0.2, 0) is 19.1 Å². The van der Waals surface area contributed by atoms with Crippen molar-refractivity contribution in [1.82, 2.24) is 15.1 Å². The monoisotopic (exact) mass is 579 g/mol. The van der Waals surface area contributed by atoms with Crippen molar-refractivity contribution >= 4 is 24.1 Å².